The zero-order valence-corrected chi connectivity index (χ0v) is 16.8. The molecule has 0 radical (unpaired) electrons. The minimum atomic E-state index is -0.322. The molecule has 0 saturated carbocycles. The Balaban J connectivity index is 1.94. The molecule has 1 aromatic carbocycles. The molecule has 2 rings (SSSR count). The minimum Gasteiger partial charge on any atom is -0.493 e. The number of likely N-dealkylation sites (N-methyl/N-ethyl adjacent to an activating group) is 1. The molecule has 2 amide bonds. The van der Waals surface area contributed by atoms with E-state index in [0.29, 0.717) is 34.5 Å². The van der Waals surface area contributed by atoms with E-state index in [1.54, 1.807) is 37.4 Å². The predicted molar refractivity (Wildman–Crippen MR) is 106 cm³/mol. The summed E-state index contributed by atoms with van der Waals surface area (Å²) in [4.78, 5) is 25.5. The van der Waals surface area contributed by atoms with Crippen molar-refractivity contribution in [3.8, 4) is 11.5 Å². The van der Waals surface area contributed by atoms with Crippen LogP contribution < -0.4 is 14.8 Å². The highest BCUT2D eigenvalue weighted by atomic mass is 35.5. The van der Waals surface area contributed by atoms with E-state index in [1.807, 2.05) is 6.92 Å². The largest absolute Gasteiger partial charge is 0.493 e. The number of ether oxygens (including phenoxy) is 2. The Morgan fingerprint density at radius 1 is 1.36 bits per heavy atom. The summed E-state index contributed by atoms with van der Waals surface area (Å²) in [6, 6.07) is 6.89. The number of carbonyl (C=O) groups excluding carboxylic acids is 2. The van der Waals surface area contributed by atoms with E-state index in [4.69, 9.17) is 25.5 Å². The zero-order valence-electron chi connectivity index (χ0n) is 16.0. The number of hydrogen-bond acceptors (Lipinski definition) is 5. The Bertz CT molecular complexity index is 833. The molecule has 0 atom stereocenters. The van der Waals surface area contributed by atoms with Crippen molar-refractivity contribution in [3.63, 3.8) is 0 Å². The predicted octanol–water partition coefficient (Wildman–Crippen LogP) is 3.13. The fourth-order valence-electron chi connectivity index (χ4n) is 2.36. The summed E-state index contributed by atoms with van der Waals surface area (Å²) in [7, 11) is 3.06. The number of benzene rings is 1. The molecule has 0 bridgehead atoms. The van der Waals surface area contributed by atoms with Gasteiger partial charge >= 0.3 is 0 Å². The monoisotopic (exact) mass is 406 g/mol. The van der Waals surface area contributed by atoms with Crippen molar-refractivity contribution in [1.82, 2.24) is 10.2 Å². The lowest BCUT2D eigenvalue weighted by Gasteiger charge is -2.15. The van der Waals surface area contributed by atoms with Crippen molar-refractivity contribution in [1.29, 1.82) is 0 Å². The Morgan fingerprint density at radius 3 is 2.79 bits per heavy atom. The van der Waals surface area contributed by atoms with Gasteiger partial charge in [0.15, 0.2) is 11.5 Å². The number of methoxy groups -OCH3 is 1. The van der Waals surface area contributed by atoms with Gasteiger partial charge in [-0.05, 0) is 42.8 Å². The Morgan fingerprint density at radius 2 is 2.14 bits per heavy atom. The number of carbonyl (C=O) groups is 2. The summed E-state index contributed by atoms with van der Waals surface area (Å²) in [6.45, 7) is 2.50. The van der Waals surface area contributed by atoms with Crippen LogP contribution in [0.5, 0.6) is 11.5 Å². The molecule has 2 aromatic rings. The molecule has 0 unspecified atom stereocenters. The molecule has 0 spiro atoms. The summed E-state index contributed by atoms with van der Waals surface area (Å²) in [5.41, 5.74) is 0.675. The molecule has 0 fully saturated rings. The van der Waals surface area contributed by atoms with Gasteiger partial charge in [0.1, 0.15) is 5.76 Å². The highest BCUT2D eigenvalue weighted by Gasteiger charge is 2.13. The van der Waals surface area contributed by atoms with Crippen LogP contribution in [0.3, 0.4) is 0 Å². The highest BCUT2D eigenvalue weighted by Crippen LogP contribution is 2.36. The average molecular weight is 407 g/mol. The summed E-state index contributed by atoms with van der Waals surface area (Å²) in [5.74, 6) is 0.972. The smallest absolute Gasteiger partial charge is 0.246 e. The van der Waals surface area contributed by atoms with Gasteiger partial charge in [0.05, 0.1) is 38.1 Å². The van der Waals surface area contributed by atoms with Gasteiger partial charge in [0.2, 0.25) is 11.8 Å². The molecular weight excluding hydrogens is 384 g/mol. The summed E-state index contributed by atoms with van der Waals surface area (Å²) in [5, 5.41) is 3.07. The highest BCUT2D eigenvalue weighted by molar-refractivity contribution is 6.32. The van der Waals surface area contributed by atoms with E-state index in [0.717, 1.165) is 0 Å². The van der Waals surface area contributed by atoms with Gasteiger partial charge < -0.3 is 24.1 Å². The molecule has 0 aliphatic rings. The molecule has 1 N–H and O–H groups in total. The maximum absolute atomic E-state index is 12.2. The lowest BCUT2D eigenvalue weighted by molar-refractivity contribution is -0.131. The van der Waals surface area contributed by atoms with Crippen molar-refractivity contribution in [2.75, 3.05) is 27.3 Å². The number of furan rings is 1. The number of halogens is 1. The van der Waals surface area contributed by atoms with Gasteiger partial charge in [-0.2, -0.15) is 0 Å². The summed E-state index contributed by atoms with van der Waals surface area (Å²) < 4.78 is 15.9. The molecule has 28 heavy (non-hydrogen) atoms. The molecule has 7 nitrogen and oxygen atoms in total. The molecule has 0 aliphatic carbocycles. The first-order valence-electron chi connectivity index (χ1n) is 8.67. The van der Waals surface area contributed by atoms with Crippen LogP contribution in [0.2, 0.25) is 5.02 Å². The van der Waals surface area contributed by atoms with E-state index in [-0.39, 0.29) is 24.9 Å². The molecule has 1 heterocycles. The molecule has 8 heteroatoms. The van der Waals surface area contributed by atoms with Gasteiger partial charge in [0.25, 0.3) is 0 Å². The first kappa shape index (κ1) is 21.4. The topological polar surface area (TPSA) is 81.0 Å². The maximum atomic E-state index is 12.2. The zero-order chi connectivity index (χ0) is 20.5. The number of nitrogens with one attached hydrogen (secondary N) is 1. The SMILES string of the molecule is CCOc1c(Cl)cc(C=CC(=O)N(C)CC(=O)NCc2ccco2)cc1OC. The number of rotatable bonds is 9. The molecule has 0 saturated heterocycles. The van der Waals surface area contributed by atoms with Crippen molar-refractivity contribution >= 4 is 29.5 Å². The normalized spacial score (nSPS) is 10.7. The molecule has 150 valence electrons. The number of nitrogens with zero attached hydrogens (tertiary/aromatic N) is 1. The Labute approximate surface area is 168 Å². The van der Waals surface area contributed by atoms with E-state index in [1.165, 1.54) is 24.3 Å². The minimum absolute atomic E-state index is 0.0722. The second-order valence-corrected chi connectivity index (χ2v) is 6.26. The van der Waals surface area contributed by atoms with E-state index in [2.05, 4.69) is 5.32 Å². The van der Waals surface area contributed by atoms with Crippen LogP contribution in [0.1, 0.15) is 18.2 Å². The lowest BCUT2D eigenvalue weighted by Crippen LogP contribution is -2.37. The first-order valence-corrected chi connectivity index (χ1v) is 9.05. The Hall–Kier alpha value is -2.93. The van der Waals surface area contributed by atoms with E-state index < -0.39 is 0 Å². The summed E-state index contributed by atoms with van der Waals surface area (Å²) >= 11 is 6.22. The third kappa shape index (κ3) is 6.06. The van der Waals surface area contributed by atoms with Gasteiger partial charge in [-0.15, -0.1) is 0 Å². The van der Waals surface area contributed by atoms with Gasteiger partial charge in [-0.25, -0.2) is 0 Å². The summed E-state index contributed by atoms with van der Waals surface area (Å²) in [6.07, 6.45) is 4.50. The van der Waals surface area contributed by atoms with Crippen LogP contribution in [0.4, 0.5) is 0 Å². The van der Waals surface area contributed by atoms with E-state index in [9.17, 15) is 9.59 Å². The first-order chi connectivity index (χ1) is 13.4. The van der Waals surface area contributed by atoms with Crippen LogP contribution in [-0.4, -0.2) is 44.0 Å². The van der Waals surface area contributed by atoms with Crippen LogP contribution in [0, 0.1) is 0 Å². The van der Waals surface area contributed by atoms with Crippen molar-refractivity contribution < 1.29 is 23.5 Å². The standard InChI is InChI=1S/C20H23ClN2O5/c1-4-27-20-16(21)10-14(11-17(20)26-3)7-8-19(25)23(2)13-18(24)22-12-15-6-5-9-28-15/h5-11H,4,12-13H2,1-3H3,(H,22,24). The average Bonchev–Trinajstić information content (AvgIpc) is 3.19. The van der Waals surface area contributed by atoms with E-state index >= 15 is 0 Å². The van der Waals surface area contributed by atoms with Gasteiger partial charge in [-0.3, -0.25) is 9.59 Å². The third-order valence-electron chi connectivity index (χ3n) is 3.76. The fraction of sp³-hybridized carbons (Fsp3) is 0.300. The molecular formula is C20H23ClN2O5. The van der Waals surface area contributed by atoms with Crippen LogP contribution in [0.25, 0.3) is 6.08 Å². The van der Waals surface area contributed by atoms with Gasteiger partial charge in [0, 0.05) is 13.1 Å². The lowest BCUT2D eigenvalue weighted by atomic mass is 10.2. The molecule has 0 aliphatic heterocycles. The van der Waals surface area contributed by atoms with Crippen LogP contribution >= 0.6 is 11.6 Å². The van der Waals surface area contributed by atoms with Crippen molar-refractivity contribution in [3.05, 3.63) is 53.0 Å². The molecule has 1 aromatic heterocycles. The fourth-order valence-corrected chi connectivity index (χ4v) is 2.64. The number of hydrogen-bond donors (Lipinski definition) is 1. The number of amides is 2. The van der Waals surface area contributed by atoms with Crippen LogP contribution in [0.15, 0.2) is 41.0 Å². The van der Waals surface area contributed by atoms with Crippen LogP contribution in [-0.2, 0) is 16.1 Å². The van der Waals surface area contributed by atoms with Gasteiger partial charge in [-0.1, -0.05) is 11.6 Å². The quantitative estimate of drug-likeness (QED) is 0.647. The second kappa shape index (κ2) is 10.4. The third-order valence-corrected chi connectivity index (χ3v) is 4.04. The van der Waals surface area contributed by atoms with Crippen molar-refractivity contribution in [2.45, 2.75) is 13.5 Å². The second-order valence-electron chi connectivity index (χ2n) is 5.85. The Kier molecular flexibility index (Phi) is 7.95. The maximum Gasteiger partial charge on any atom is 0.246 e. The van der Waals surface area contributed by atoms with Crippen molar-refractivity contribution in [2.24, 2.45) is 0 Å².